The molecule has 2 aromatic heterocycles. The van der Waals surface area contributed by atoms with Crippen molar-refractivity contribution in [2.45, 2.75) is 33.7 Å². The number of ketones is 1. The molecule has 4 aromatic rings. The number of hydrogen-bond donors (Lipinski definition) is 1. The number of aryl methyl sites for hydroxylation is 5. The van der Waals surface area contributed by atoms with E-state index < -0.39 is 17.7 Å². The second kappa shape index (κ2) is 7.95. The van der Waals surface area contributed by atoms with Gasteiger partial charge in [0.05, 0.1) is 27.2 Å². The first kappa shape index (κ1) is 22.1. The Morgan fingerprint density at radius 3 is 2.38 bits per heavy atom. The third-order valence-electron chi connectivity index (χ3n) is 6.27. The summed E-state index contributed by atoms with van der Waals surface area (Å²) in [5, 5.41) is 12.8. The molecule has 0 fully saturated rings. The number of benzene rings is 2. The molecule has 0 radical (unpaired) electrons. The molecule has 34 heavy (non-hydrogen) atoms. The number of rotatable bonds is 4. The zero-order valence-corrected chi connectivity index (χ0v) is 20.5. The molecule has 1 atom stereocenters. The number of carbonyl (C=O) groups is 2. The van der Waals surface area contributed by atoms with E-state index in [2.05, 4.69) is 4.98 Å². The molecule has 2 aromatic carbocycles. The Hall–Kier alpha value is -3.71. The number of anilines is 1. The summed E-state index contributed by atoms with van der Waals surface area (Å²) in [5.41, 5.74) is 5.09. The minimum Gasteiger partial charge on any atom is -0.503 e. The Kier molecular flexibility index (Phi) is 5.17. The lowest BCUT2D eigenvalue weighted by Gasteiger charge is -2.27. The number of amides is 1. The number of hydrogen-bond acceptors (Lipinski definition) is 5. The van der Waals surface area contributed by atoms with Crippen LogP contribution in [0.4, 0.5) is 5.69 Å². The van der Waals surface area contributed by atoms with Crippen LogP contribution in [-0.2, 0) is 11.8 Å². The third-order valence-corrected chi connectivity index (χ3v) is 7.34. The van der Waals surface area contributed by atoms with Gasteiger partial charge in [0.1, 0.15) is 0 Å². The van der Waals surface area contributed by atoms with Crippen molar-refractivity contribution in [3.05, 3.63) is 92.3 Å². The molecule has 0 saturated carbocycles. The lowest BCUT2D eigenvalue weighted by atomic mass is 9.94. The fraction of sp³-hybridized carbons (Fsp3) is 0.222. The van der Waals surface area contributed by atoms with E-state index in [0.29, 0.717) is 16.3 Å². The molecule has 7 heteroatoms. The van der Waals surface area contributed by atoms with Gasteiger partial charge in [0.25, 0.3) is 5.91 Å². The fourth-order valence-electron chi connectivity index (χ4n) is 4.94. The predicted octanol–water partition coefficient (Wildman–Crippen LogP) is 5.65. The standard InChI is InChI=1S/C27H25N3O3S/c1-14-10-15(2)12-18(11-14)30-23(20-13-29(5)21-9-7-6-8-19(20)21)22(25(32)27(30)33)24(31)26-16(3)28-17(4)34-26/h6-13,23,32H,1-5H3. The Balaban J connectivity index is 1.78. The Labute approximate surface area is 201 Å². The van der Waals surface area contributed by atoms with Crippen LogP contribution in [0.15, 0.2) is 60.0 Å². The molecular formula is C27H25N3O3S. The van der Waals surface area contributed by atoms with Gasteiger partial charge in [0.2, 0.25) is 5.78 Å². The summed E-state index contributed by atoms with van der Waals surface area (Å²) in [7, 11) is 1.94. The summed E-state index contributed by atoms with van der Waals surface area (Å²) in [6.07, 6.45) is 1.94. The molecule has 1 aliphatic rings. The highest BCUT2D eigenvalue weighted by Gasteiger charge is 2.46. The minimum absolute atomic E-state index is 0.0901. The predicted molar refractivity (Wildman–Crippen MR) is 135 cm³/mol. The first-order valence-corrected chi connectivity index (χ1v) is 11.9. The van der Waals surface area contributed by atoms with Crippen molar-refractivity contribution in [2.75, 3.05) is 4.90 Å². The lowest BCUT2D eigenvalue weighted by Crippen LogP contribution is -2.31. The van der Waals surface area contributed by atoms with E-state index in [1.54, 1.807) is 11.8 Å². The van der Waals surface area contributed by atoms with Gasteiger partial charge in [-0.25, -0.2) is 4.98 Å². The highest BCUT2D eigenvalue weighted by atomic mass is 32.1. The largest absolute Gasteiger partial charge is 0.503 e. The Bertz CT molecular complexity index is 1510. The number of nitrogens with zero attached hydrogens (tertiary/aromatic N) is 3. The second-order valence-electron chi connectivity index (χ2n) is 8.87. The Morgan fingerprint density at radius 2 is 1.74 bits per heavy atom. The molecule has 1 unspecified atom stereocenters. The van der Waals surface area contributed by atoms with Gasteiger partial charge in [-0.3, -0.25) is 14.5 Å². The maximum atomic E-state index is 13.8. The molecule has 1 amide bonds. The van der Waals surface area contributed by atoms with Gasteiger partial charge in [-0.1, -0.05) is 24.3 Å². The van der Waals surface area contributed by atoms with Crippen LogP contribution in [0.25, 0.3) is 10.9 Å². The summed E-state index contributed by atoms with van der Waals surface area (Å²) < 4.78 is 1.98. The van der Waals surface area contributed by atoms with E-state index in [1.807, 2.05) is 81.0 Å². The molecule has 0 bridgehead atoms. The number of fused-ring (bicyclic) bond motifs is 1. The van der Waals surface area contributed by atoms with Gasteiger partial charge in [0.15, 0.2) is 5.76 Å². The van der Waals surface area contributed by atoms with Crippen LogP contribution in [0, 0.1) is 27.7 Å². The number of aromatic nitrogens is 2. The average molecular weight is 472 g/mol. The van der Waals surface area contributed by atoms with E-state index in [-0.39, 0.29) is 11.4 Å². The summed E-state index contributed by atoms with van der Waals surface area (Å²) in [6.45, 7) is 7.55. The summed E-state index contributed by atoms with van der Waals surface area (Å²) in [5.74, 6) is -1.45. The SMILES string of the molecule is Cc1cc(C)cc(N2C(=O)C(O)=C(C(=O)c3sc(C)nc3C)C2c2cn(C)c3ccccc23)c1. The van der Waals surface area contributed by atoms with Gasteiger partial charge < -0.3 is 9.67 Å². The Morgan fingerprint density at radius 1 is 1.06 bits per heavy atom. The normalized spacial score (nSPS) is 16.2. The molecule has 0 saturated heterocycles. The zero-order valence-electron chi connectivity index (χ0n) is 19.7. The van der Waals surface area contributed by atoms with Gasteiger partial charge in [-0.15, -0.1) is 11.3 Å². The zero-order chi connectivity index (χ0) is 24.3. The highest BCUT2D eigenvalue weighted by molar-refractivity contribution is 7.14. The van der Waals surface area contributed by atoms with Crippen molar-refractivity contribution < 1.29 is 14.7 Å². The van der Waals surface area contributed by atoms with Crippen LogP contribution < -0.4 is 4.90 Å². The van der Waals surface area contributed by atoms with Crippen molar-refractivity contribution in [1.29, 1.82) is 0 Å². The summed E-state index contributed by atoms with van der Waals surface area (Å²) in [4.78, 5) is 33.8. The van der Waals surface area contributed by atoms with Crippen molar-refractivity contribution in [1.82, 2.24) is 9.55 Å². The van der Waals surface area contributed by atoms with Crippen LogP contribution >= 0.6 is 11.3 Å². The molecule has 1 aliphatic heterocycles. The van der Waals surface area contributed by atoms with Gasteiger partial charge in [0, 0.05) is 35.4 Å². The van der Waals surface area contributed by atoms with Crippen LogP contribution in [-0.4, -0.2) is 26.3 Å². The molecule has 1 N–H and O–H groups in total. The number of Topliss-reactive ketones (excluding diaryl/α,β-unsaturated/α-hetero) is 1. The second-order valence-corrected chi connectivity index (χ2v) is 10.1. The van der Waals surface area contributed by atoms with Crippen molar-refractivity contribution in [2.24, 2.45) is 7.05 Å². The van der Waals surface area contributed by atoms with E-state index >= 15 is 0 Å². The van der Waals surface area contributed by atoms with Crippen LogP contribution in [0.2, 0.25) is 0 Å². The molecule has 0 spiro atoms. The van der Waals surface area contributed by atoms with Crippen LogP contribution in [0.1, 0.15) is 43.1 Å². The maximum absolute atomic E-state index is 13.8. The highest BCUT2D eigenvalue weighted by Crippen LogP contribution is 2.45. The van der Waals surface area contributed by atoms with Crippen molar-refractivity contribution in [3.8, 4) is 0 Å². The van der Waals surface area contributed by atoms with Crippen LogP contribution in [0.3, 0.4) is 0 Å². The maximum Gasteiger partial charge on any atom is 0.294 e. The van der Waals surface area contributed by atoms with Gasteiger partial charge in [-0.05, 0) is 57.0 Å². The average Bonchev–Trinajstić information content (AvgIpc) is 3.38. The first-order chi connectivity index (χ1) is 16.2. The molecule has 5 rings (SSSR count). The minimum atomic E-state index is -0.769. The fourth-order valence-corrected chi connectivity index (χ4v) is 5.82. The number of aliphatic hydroxyl groups is 1. The first-order valence-electron chi connectivity index (χ1n) is 11.0. The number of carbonyl (C=O) groups excluding carboxylic acids is 2. The monoisotopic (exact) mass is 471 g/mol. The number of para-hydroxylation sites is 1. The molecule has 6 nitrogen and oxygen atoms in total. The van der Waals surface area contributed by atoms with Crippen molar-refractivity contribution in [3.63, 3.8) is 0 Å². The smallest absolute Gasteiger partial charge is 0.294 e. The molecular weight excluding hydrogens is 446 g/mol. The summed E-state index contributed by atoms with van der Waals surface area (Å²) >= 11 is 1.28. The van der Waals surface area contributed by atoms with Crippen molar-refractivity contribution >= 4 is 39.6 Å². The molecule has 0 aliphatic carbocycles. The topological polar surface area (TPSA) is 75.4 Å². The van der Waals surface area contributed by atoms with E-state index in [0.717, 1.165) is 32.6 Å². The lowest BCUT2D eigenvalue weighted by molar-refractivity contribution is -0.117. The number of aliphatic hydroxyl groups excluding tert-OH is 1. The third kappa shape index (κ3) is 3.35. The van der Waals surface area contributed by atoms with E-state index in [4.69, 9.17) is 0 Å². The van der Waals surface area contributed by atoms with Gasteiger partial charge >= 0.3 is 0 Å². The number of thiazole rings is 1. The quantitative estimate of drug-likeness (QED) is 0.390. The molecule has 3 heterocycles. The van der Waals surface area contributed by atoms with E-state index in [1.165, 1.54) is 11.3 Å². The summed E-state index contributed by atoms with van der Waals surface area (Å²) in [6, 6.07) is 12.9. The van der Waals surface area contributed by atoms with Crippen LogP contribution in [0.5, 0.6) is 0 Å². The van der Waals surface area contributed by atoms with Gasteiger partial charge in [-0.2, -0.15) is 0 Å². The van der Waals surface area contributed by atoms with E-state index in [9.17, 15) is 14.7 Å². The molecule has 172 valence electrons.